The first-order valence-electron chi connectivity index (χ1n) is 7.58. The number of amidine groups is 1. The van der Waals surface area contributed by atoms with Crippen LogP contribution in [0.5, 0.6) is 0 Å². The molecule has 3 rings (SSSR count). The molecule has 0 amide bonds. The van der Waals surface area contributed by atoms with E-state index >= 15 is 0 Å². The van der Waals surface area contributed by atoms with Gasteiger partial charge in [-0.1, -0.05) is 17.3 Å². The molecule has 0 fully saturated rings. The summed E-state index contributed by atoms with van der Waals surface area (Å²) in [6.45, 7) is 5.06. The van der Waals surface area contributed by atoms with Gasteiger partial charge in [-0.2, -0.15) is 0 Å². The molecule has 2 heterocycles. The second-order valence-corrected chi connectivity index (χ2v) is 7.32. The normalized spacial score (nSPS) is 17.8. The number of carbonyl (C=O) groups is 1. The van der Waals surface area contributed by atoms with Crippen LogP contribution in [-0.2, 0) is 26.2 Å². The van der Waals surface area contributed by atoms with Crippen LogP contribution in [0.4, 0.5) is 0 Å². The minimum Gasteiger partial charge on any atom is -0.459 e. The number of nitrogens with zero attached hydrogens (tertiary/aromatic N) is 2. The van der Waals surface area contributed by atoms with E-state index in [4.69, 9.17) is 9.26 Å². The molecule has 0 radical (unpaired) electrons. The first-order chi connectivity index (χ1) is 11.8. The number of nitrogens with one attached hydrogen (secondary N) is 1. The Labute approximate surface area is 144 Å². The summed E-state index contributed by atoms with van der Waals surface area (Å²) in [4.78, 5) is 16.5. The van der Waals surface area contributed by atoms with E-state index in [0.29, 0.717) is 22.6 Å². The molecule has 1 unspecified atom stereocenters. The molecule has 1 aliphatic rings. The van der Waals surface area contributed by atoms with Crippen molar-refractivity contribution in [2.24, 2.45) is 4.99 Å². The van der Waals surface area contributed by atoms with Gasteiger partial charge in [0.2, 0.25) is 0 Å². The number of benzene rings is 1. The van der Waals surface area contributed by atoms with Gasteiger partial charge in [0.05, 0.1) is 16.2 Å². The van der Waals surface area contributed by atoms with Gasteiger partial charge in [-0.25, -0.2) is 13.2 Å². The Hall–Kier alpha value is -2.68. The van der Waals surface area contributed by atoms with Gasteiger partial charge in [0, 0.05) is 5.56 Å². The van der Waals surface area contributed by atoms with Crippen LogP contribution in [0.15, 0.2) is 38.7 Å². The smallest absolute Gasteiger partial charge is 0.330 e. The number of rotatable bonds is 4. The summed E-state index contributed by atoms with van der Waals surface area (Å²) in [5.41, 5.74) is 1.80. The lowest BCUT2D eigenvalue weighted by atomic mass is 10.2. The summed E-state index contributed by atoms with van der Waals surface area (Å²) in [7, 11) is -3.64. The summed E-state index contributed by atoms with van der Waals surface area (Å²) >= 11 is 0. The Kier molecular flexibility index (Phi) is 4.34. The largest absolute Gasteiger partial charge is 0.459 e. The van der Waals surface area contributed by atoms with Crippen LogP contribution in [-0.4, -0.2) is 31.4 Å². The van der Waals surface area contributed by atoms with Crippen LogP contribution in [0.25, 0.3) is 0 Å². The van der Waals surface area contributed by atoms with E-state index in [1.807, 2.05) is 0 Å². The molecule has 1 aliphatic heterocycles. The predicted molar refractivity (Wildman–Crippen MR) is 88.5 cm³/mol. The van der Waals surface area contributed by atoms with Gasteiger partial charge in [0.15, 0.2) is 0 Å². The number of aromatic nitrogens is 1. The van der Waals surface area contributed by atoms with Crippen molar-refractivity contribution >= 4 is 21.8 Å². The number of aryl methyl sites for hydroxylation is 2. The van der Waals surface area contributed by atoms with E-state index < -0.39 is 22.0 Å². The van der Waals surface area contributed by atoms with Gasteiger partial charge in [-0.3, -0.25) is 9.71 Å². The zero-order valence-corrected chi connectivity index (χ0v) is 14.8. The van der Waals surface area contributed by atoms with Crippen molar-refractivity contribution in [1.29, 1.82) is 0 Å². The lowest BCUT2D eigenvalue weighted by Gasteiger charge is -2.09. The van der Waals surface area contributed by atoms with Crippen LogP contribution in [0.1, 0.15) is 29.5 Å². The average Bonchev–Trinajstić information content (AvgIpc) is 3.02. The lowest BCUT2D eigenvalue weighted by Crippen LogP contribution is -2.26. The number of carbonyl (C=O) groups excluding carboxylic acids is 1. The molecular formula is C16H17N3O5S. The number of esters is 1. The summed E-state index contributed by atoms with van der Waals surface area (Å²) in [6, 6.07) is 5.58. The molecule has 9 heteroatoms. The lowest BCUT2D eigenvalue weighted by molar-refractivity contribution is -0.146. The second kappa shape index (κ2) is 6.32. The highest BCUT2D eigenvalue weighted by Gasteiger charge is 2.31. The number of sulfonamides is 1. The number of hydrogen-bond acceptors (Lipinski definition) is 7. The molecule has 2 aromatic rings. The third kappa shape index (κ3) is 3.27. The molecule has 0 saturated carbocycles. The van der Waals surface area contributed by atoms with Crippen LogP contribution in [0.3, 0.4) is 0 Å². The van der Waals surface area contributed by atoms with Crippen molar-refractivity contribution in [2.75, 3.05) is 0 Å². The minimum absolute atomic E-state index is 0.0253. The first kappa shape index (κ1) is 17.2. The van der Waals surface area contributed by atoms with E-state index in [-0.39, 0.29) is 17.3 Å². The fourth-order valence-corrected chi connectivity index (χ4v) is 3.69. The predicted octanol–water partition coefficient (Wildman–Crippen LogP) is 1.46. The number of hydrogen-bond donors (Lipinski definition) is 1. The Bertz CT molecular complexity index is 942. The molecule has 0 aliphatic carbocycles. The molecule has 1 N–H and O–H groups in total. The molecule has 8 nitrogen and oxygen atoms in total. The molecule has 0 saturated heterocycles. The number of ether oxygens (including phenoxy) is 1. The number of fused-ring (bicyclic) bond motifs is 1. The topological polar surface area (TPSA) is 111 Å². The third-order valence-corrected chi connectivity index (χ3v) is 5.26. The van der Waals surface area contributed by atoms with E-state index in [2.05, 4.69) is 14.9 Å². The third-order valence-electron chi connectivity index (χ3n) is 3.87. The average molecular weight is 363 g/mol. The van der Waals surface area contributed by atoms with Crippen molar-refractivity contribution in [2.45, 2.75) is 38.3 Å². The second-order valence-electron chi connectivity index (χ2n) is 5.67. The van der Waals surface area contributed by atoms with Gasteiger partial charge in [-0.15, -0.1) is 0 Å². The molecule has 25 heavy (non-hydrogen) atoms. The molecule has 1 aromatic heterocycles. The minimum atomic E-state index is -3.64. The zero-order chi connectivity index (χ0) is 18.2. The van der Waals surface area contributed by atoms with E-state index in [0.717, 1.165) is 0 Å². The summed E-state index contributed by atoms with van der Waals surface area (Å²) in [5.74, 6) is 0.148. The molecular weight excluding hydrogens is 346 g/mol. The summed E-state index contributed by atoms with van der Waals surface area (Å²) < 4.78 is 36.7. The molecule has 0 spiro atoms. The summed E-state index contributed by atoms with van der Waals surface area (Å²) in [6.07, 6.45) is 0. The molecule has 132 valence electrons. The van der Waals surface area contributed by atoms with Crippen LogP contribution in [0, 0.1) is 13.8 Å². The fourth-order valence-electron chi connectivity index (χ4n) is 2.45. The highest BCUT2D eigenvalue weighted by Crippen LogP contribution is 2.22. The summed E-state index contributed by atoms with van der Waals surface area (Å²) in [5, 5.41) is 3.79. The SMILES string of the molecule is Cc1noc(C)c1COC(=O)C(C)N=C1NS(=O)(=O)c2ccccc21. The molecule has 1 atom stereocenters. The van der Waals surface area contributed by atoms with Gasteiger partial charge in [-0.05, 0) is 32.9 Å². The highest BCUT2D eigenvalue weighted by atomic mass is 32.2. The van der Waals surface area contributed by atoms with E-state index in [1.54, 1.807) is 32.0 Å². The maximum absolute atomic E-state index is 12.2. The van der Waals surface area contributed by atoms with Gasteiger partial charge >= 0.3 is 5.97 Å². The van der Waals surface area contributed by atoms with Gasteiger partial charge < -0.3 is 9.26 Å². The Morgan fingerprint density at radius 1 is 1.36 bits per heavy atom. The van der Waals surface area contributed by atoms with E-state index in [1.165, 1.54) is 13.0 Å². The van der Waals surface area contributed by atoms with Crippen molar-refractivity contribution in [3.05, 3.63) is 46.8 Å². The van der Waals surface area contributed by atoms with Crippen molar-refractivity contribution in [3.63, 3.8) is 0 Å². The standard InChI is InChI=1S/C16H17N3O5S/c1-9-13(11(3)24-18-9)8-23-16(20)10(2)17-15-12-6-4-5-7-14(12)25(21,22)19-15/h4-7,10H,8H2,1-3H3,(H,17,19). The van der Waals surface area contributed by atoms with Gasteiger partial charge in [0.25, 0.3) is 10.0 Å². The Morgan fingerprint density at radius 3 is 2.76 bits per heavy atom. The van der Waals surface area contributed by atoms with Crippen molar-refractivity contribution in [3.8, 4) is 0 Å². The maximum Gasteiger partial charge on any atom is 0.330 e. The molecule has 0 bridgehead atoms. The van der Waals surface area contributed by atoms with Gasteiger partial charge in [0.1, 0.15) is 24.2 Å². The van der Waals surface area contributed by atoms with Crippen LogP contribution >= 0.6 is 0 Å². The maximum atomic E-state index is 12.2. The zero-order valence-electron chi connectivity index (χ0n) is 13.9. The van der Waals surface area contributed by atoms with E-state index in [9.17, 15) is 13.2 Å². The fraction of sp³-hybridized carbons (Fsp3) is 0.312. The van der Waals surface area contributed by atoms with Crippen LogP contribution < -0.4 is 4.72 Å². The highest BCUT2D eigenvalue weighted by molar-refractivity contribution is 7.90. The van der Waals surface area contributed by atoms with Crippen LogP contribution in [0.2, 0.25) is 0 Å². The quantitative estimate of drug-likeness (QED) is 0.823. The first-order valence-corrected chi connectivity index (χ1v) is 9.06. The Morgan fingerprint density at radius 2 is 2.08 bits per heavy atom. The van der Waals surface area contributed by atoms with Crippen molar-refractivity contribution in [1.82, 2.24) is 9.88 Å². The number of aliphatic imine (C=N–C) groups is 1. The monoisotopic (exact) mass is 363 g/mol. The molecule has 1 aromatic carbocycles. The Balaban J connectivity index is 1.75. The van der Waals surface area contributed by atoms with Crippen molar-refractivity contribution < 1.29 is 22.5 Å².